The van der Waals surface area contributed by atoms with E-state index in [4.69, 9.17) is 4.74 Å². The first kappa shape index (κ1) is 8.61. The van der Waals surface area contributed by atoms with Gasteiger partial charge in [-0.05, 0) is 13.0 Å². The molecule has 1 rings (SSSR count). The lowest BCUT2D eigenvalue weighted by Crippen LogP contribution is -1.88. The molecule has 0 atom stereocenters. The standard InChI is InChI=1S/C10H10O2/c1-2-3-4-5-6-9-7-8-10(11)12-9/h2-3,6H,7-8H2,1H3/b3-2-,9-6-. The van der Waals surface area contributed by atoms with Gasteiger partial charge in [0.25, 0.3) is 0 Å². The van der Waals surface area contributed by atoms with E-state index in [1.807, 2.05) is 13.0 Å². The van der Waals surface area contributed by atoms with Crippen molar-refractivity contribution in [1.29, 1.82) is 0 Å². The van der Waals surface area contributed by atoms with E-state index in [0.717, 1.165) is 0 Å². The molecule has 0 aromatic carbocycles. The lowest BCUT2D eigenvalue weighted by Gasteiger charge is -1.89. The molecule has 12 heavy (non-hydrogen) atoms. The van der Waals surface area contributed by atoms with Gasteiger partial charge in [0.05, 0.1) is 6.42 Å². The molecule has 0 aromatic heterocycles. The van der Waals surface area contributed by atoms with Crippen LogP contribution < -0.4 is 0 Å². The van der Waals surface area contributed by atoms with Gasteiger partial charge in [0.2, 0.25) is 0 Å². The Bertz CT molecular complexity index is 287. The molecule has 0 saturated carbocycles. The van der Waals surface area contributed by atoms with Gasteiger partial charge in [-0.1, -0.05) is 17.9 Å². The van der Waals surface area contributed by atoms with Crippen LogP contribution in [0.15, 0.2) is 24.0 Å². The molecule has 1 aliphatic rings. The van der Waals surface area contributed by atoms with Crippen molar-refractivity contribution in [2.24, 2.45) is 0 Å². The van der Waals surface area contributed by atoms with Gasteiger partial charge >= 0.3 is 5.97 Å². The Labute approximate surface area is 71.9 Å². The minimum absolute atomic E-state index is 0.158. The first-order chi connectivity index (χ1) is 5.83. The van der Waals surface area contributed by atoms with E-state index in [0.29, 0.717) is 18.6 Å². The number of carbonyl (C=O) groups is 1. The average molecular weight is 162 g/mol. The van der Waals surface area contributed by atoms with Crippen LogP contribution in [0.25, 0.3) is 0 Å². The van der Waals surface area contributed by atoms with Crippen LogP contribution >= 0.6 is 0 Å². The van der Waals surface area contributed by atoms with E-state index in [1.54, 1.807) is 12.2 Å². The maximum atomic E-state index is 10.6. The van der Waals surface area contributed by atoms with Crippen molar-refractivity contribution >= 4 is 5.97 Å². The van der Waals surface area contributed by atoms with E-state index in [1.165, 1.54) is 0 Å². The van der Waals surface area contributed by atoms with Crippen molar-refractivity contribution in [2.45, 2.75) is 19.8 Å². The van der Waals surface area contributed by atoms with E-state index < -0.39 is 0 Å². The Morgan fingerprint density at radius 3 is 2.83 bits per heavy atom. The second-order valence-electron chi connectivity index (χ2n) is 2.37. The third-order valence-electron chi connectivity index (χ3n) is 1.39. The average Bonchev–Trinajstić information content (AvgIpc) is 2.45. The first-order valence-electron chi connectivity index (χ1n) is 3.85. The van der Waals surface area contributed by atoms with E-state index in [2.05, 4.69) is 11.8 Å². The Hall–Kier alpha value is -1.49. The van der Waals surface area contributed by atoms with Crippen molar-refractivity contribution < 1.29 is 9.53 Å². The molecular weight excluding hydrogens is 152 g/mol. The minimum atomic E-state index is -0.158. The van der Waals surface area contributed by atoms with Crippen LogP contribution in [0.3, 0.4) is 0 Å². The smallest absolute Gasteiger partial charge is 0.311 e. The summed E-state index contributed by atoms with van der Waals surface area (Å²) in [5, 5.41) is 0. The fraction of sp³-hybridized carbons (Fsp3) is 0.300. The molecule has 1 heterocycles. The fourth-order valence-corrected chi connectivity index (χ4v) is 0.829. The largest absolute Gasteiger partial charge is 0.430 e. The quantitative estimate of drug-likeness (QED) is 0.401. The number of hydrogen-bond donors (Lipinski definition) is 0. The molecule has 0 unspecified atom stereocenters. The molecule has 1 fully saturated rings. The number of allylic oxidation sites excluding steroid dienone is 4. The number of carbonyl (C=O) groups excluding carboxylic acids is 1. The molecular formula is C10H10O2. The monoisotopic (exact) mass is 162 g/mol. The summed E-state index contributed by atoms with van der Waals surface area (Å²) >= 11 is 0. The molecule has 1 saturated heterocycles. The van der Waals surface area contributed by atoms with Crippen LogP contribution in [0.5, 0.6) is 0 Å². The van der Waals surface area contributed by atoms with Crippen molar-refractivity contribution in [3.05, 3.63) is 24.0 Å². The number of ether oxygens (including phenoxy) is 1. The summed E-state index contributed by atoms with van der Waals surface area (Å²) in [6.45, 7) is 1.90. The second kappa shape index (κ2) is 4.40. The van der Waals surface area contributed by atoms with Crippen molar-refractivity contribution in [1.82, 2.24) is 0 Å². The summed E-state index contributed by atoms with van der Waals surface area (Å²) in [5.41, 5.74) is 0. The third-order valence-corrected chi connectivity index (χ3v) is 1.39. The highest BCUT2D eigenvalue weighted by Gasteiger charge is 2.15. The molecule has 0 aromatic rings. The highest BCUT2D eigenvalue weighted by atomic mass is 16.5. The summed E-state index contributed by atoms with van der Waals surface area (Å²) in [5.74, 6) is 6.07. The summed E-state index contributed by atoms with van der Waals surface area (Å²) in [4.78, 5) is 10.6. The SMILES string of the molecule is C/C=C\C#C/C=C1/CCC(=O)O1. The molecule has 62 valence electrons. The summed E-state index contributed by atoms with van der Waals surface area (Å²) < 4.78 is 4.84. The van der Waals surface area contributed by atoms with Crippen LogP contribution in [0.1, 0.15) is 19.8 Å². The van der Waals surface area contributed by atoms with Crippen molar-refractivity contribution in [3.63, 3.8) is 0 Å². The maximum absolute atomic E-state index is 10.6. The van der Waals surface area contributed by atoms with Crippen LogP contribution in [0, 0.1) is 11.8 Å². The summed E-state index contributed by atoms with van der Waals surface area (Å²) in [6, 6.07) is 0. The Kier molecular flexibility index (Phi) is 3.16. The minimum Gasteiger partial charge on any atom is -0.430 e. The molecule has 1 aliphatic heterocycles. The normalized spacial score (nSPS) is 19.4. The lowest BCUT2D eigenvalue weighted by atomic mass is 10.3. The zero-order valence-corrected chi connectivity index (χ0v) is 6.96. The van der Waals surface area contributed by atoms with Gasteiger partial charge in [-0.3, -0.25) is 4.79 Å². The van der Waals surface area contributed by atoms with Crippen LogP contribution in [0.4, 0.5) is 0 Å². The molecule has 0 N–H and O–H groups in total. The van der Waals surface area contributed by atoms with Crippen LogP contribution in [-0.2, 0) is 9.53 Å². The predicted octanol–water partition coefficient (Wildman–Crippen LogP) is 1.79. The van der Waals surface area contributed by atoms with Crippen molar-refractivity contribution in [2.75, 3.05) is 0 Å². The summed E-state index contributed by atoms with van der Waals surface area (Å²) in [6.07, 6.45) is 6.41. The van der Waals surface area contributed by atoms with Crippen LogP contribution in [-0.4, -0.2) is 5.97 Å². The van der Waals surface area contributed by atoms with E-state index in [-0.39, 0.29) is 5.97 Å². The number of rotatable bonds is 0. The zero-order chi connectivity index (χ0) is 8.81. The third kappa shape index (κ3) is 2.63. The summed E-state index contributed by atoms with van der Waals surface area (Å²) in [7, 11) is 0. The Balaban J connectivity index is 2.49. The topological polar surface area (TPSA) is 26.3 Å². The molecule has 0 bridgehead atoms. The molecule has 0 aliphatic carbocycles. The highest BCUT2D eigenvalue weighted by molar-refractivity contribution is 5.73. The number of cyclic esters (lactones) is 1. The maximum Gasteiger partial charge on any atom is 0.311 e. The van der Waals surface area contributed by atoms with E-state index in [9.17, 15) is 4.79 Å². The first-order valence-corrected chi connectivity index (χ1v) is 3.85. The van der Waals surface area contributed by atoms with Crippen LogP contribution in [0.2, 0.25) is 0 Å². The van der Waals surface area contributed by atoms with Gasteiger partial charge < -0.3 is 4.74 Å². The lowest BCUT2D eigenvalue weighted by molar-refractivity contribution is -0.135. The fourth-order valence-electron chi connectivity index (χ4n) is 0.829. The molecule has 0 amide bonds. The zero-order valence-electron chi connectivity index (χ0n) is 6.96. The second-order valence-corrected chi connectivity index (χ2v) is 2.37. The highest BCUT2D eigenvalue weighted by Crippen LogP contribution is 2.16. The predicted molar refractivity (Wildman–Crippen MR) is 46.0 cm³/mol. The molecule has 0 spiro atoms. The number of esters is 1. The van der Waals surface area contributed by atoms with Crippen molar-refractivity contribution in [3.8, 4) is 11.8 Å². The number of hydrogen-bond acceptors (Lipinski definition) is 2. The molecule has 0 radical (unpaired) electrons. The van der Waals surface area contributed by atoms with E-state index >= 15 is 0 Å². The molecule has 2 nitrogen and oxygen atoms in total. The van der Waals surface area contributed by atoms with Gasteiger partial charge in [-0.2, -0.15) is 0 Å². The Morgan fingerprint density at radius 2 is 2.25 bits per heavy atom. The van der Waals surface area contributed by atoms with Gasteiger partial charge in [0.15, 0.2) is 0 Å². The van der Waals surface area contributed by atoms with Gasteiger partial charge in [-0.25, -0.2) is 0 Å². The molecule has 2 heteroatoms. The Morgan fingerprint density at radius 1 is 1.42 bits per heavy atom. The van der Waals surface area contributed by atoms with Gasteiger partial charge in [0, 0.05) is 12.5 Å². The van der Waals surface area contributed by atoms with Gasteiger partial charge in [-0.15, -0.1) is 0 Å². The van der Waals surface area contributed by atoms with Gasteiger partial charge in [0.1, 0.15) is 5.76 Å².